The van der Waals surface area contributed by atoms with Crippen LogP contribution in [0.4, 0.5) is 0 Å². The first kappa shape index (κ1) is 15.3. The molecule has 0 unspecified atom stereocenters. The van der Waals surface area contributed by atoms with E-state index in [0.717, 1.165) is 31.3 Å². The van der Waals surface area contributed by atoms with Crippen molar-refractivity contribution in [3.05, 3.63) is 11.6 Å². The van der Waals surface area contributed by atoms with E-state index in [-0.39, 0.29) is 22.5 Å². The molecule has 2 saturated carbocycles. The van der Waals surface area contributed by atoms with Gasteiger partial charge in [-0.25, -0.2) is 0 Å². The first-order valence-corrected chi connectivity index (χ1v) is 7.75. The van der Waals surface area contributed by atoms with E-state index in [1.165, 1.54) is 0 Å². The molecule has 0 aromatic heterocycles. The number of ketones is 1. The number of carboxylic acids is 1. The number of aliphatic carboxylic acids is 1. The van der Waals surface area contributed by atoms with Crippen molar-refractivity contribution < 1.29 is 14.7 Å². The Morgan fingerprint density at radius 2 is 2.10 bits per heavy atom. The van der Waals surface area contributed by atoms with Gasteiger partial charge < -0.3 is 5.11 Å². The third-order valence-corrected chi connectivity index (χ3v) is 5.93. The third-order valence-electron chi connectivity index (χ3n) is 5.93. The number of hydrogen-bond donors (Lipinski definition) is 1. The summed E-state index contributed by atoms with van der Waals surface area (Å²) in [5, 5.41) is 9.36. The number of rotatable bonds is 5. The highest BCUT2D eigenvalue weighted by molar-refractivity contribution is 6.05. The molecule has 2 bridgehead atoms. The molecule has 0 amide bonds. The van der Waals surface area contributed by atoms with Crippen LogP contribution in [0.2, 0.25) is 0 Å². The zero-order valence-corrected chi connectivity index (χ0v) is 13.0. The summed E-state index contributed by atoms with van der Waals surface area (Å²) in [7, 11) is 0. The number of allylic oxidation sites excluding steroid dienone is 1. The first-order chi connectivity index (χ1) is 9.25. The van der Waals surface area contributed by atoms with E-state index >= 15 is 0 Å². The van der Waals surface area contributed by atoms with E-state index in [2.05, 4.69) is 27.7 Å². The number of Topliss-reactive ketones (excluding diaryl/α,β-unsaturated/α-hetero) is 1. The van der Waals surface area contributed by atoms with Gasteiger partial charge in [0, 0.05) is 5.41 Å². The van der Waals surface area contributed by atoms with Crippen LogP contribution in [0, 0.1) is 22.7 Å². The van der Waals surface area contributed by atoms with Gasteiger partial charge in [-0.05, 0) is 36.2 Å². The van der Waals surface area contributed by atoms with Crippen LogP contribution < -0.4 is 0 Å². The summed E-state index contributed by atoms with van der Waals surface area (Å²) in [6.07, 6.45) is 6.23. The number of carbonyl (C=O) groups excluding carboxylic acids is 1. The lowest BCUT2D eigenvalue weighted by atomic mass is 9.70. The summed E-state index contributed by atoms with van der Waals surface area (Å²) in [5.41, 5.74) is 0.466. The second-order valence-corrected chi connectivity index (χ2v) is 7.18. The Hall–Kier alpha value is -1.12. The summed E-state index contributed by atoms with van der Waals surface area (Å²) in [4.78, 5) is 24.1. The smallest absolute Gasteiger partial charge is 0.310 e. The predicted octanol–water partition coefficient (Wildman–Crippen LogP) is 3.83. The van der Waals surface area contributed by atoms with Crippen LogP contribution in [0.25, 0.3) is 0 Å². The Balaban J connectivity index is 2.31. The van der Waals surface area contributed by atoms with Crippen LogP contribution in [-0.2, 0) is 9.59 Å². The van der Waals surface area contributed by atoms with Gasteiger partial charge in [0.15, 0.2) is 5.78 Å². The maximum atomic E-state index is 12.7. The molecule has 0 radical (unpaired) electrons. The molecule has 0 aliphatic heterocycles. The van der Waals surface area contributed by atoms with Crippen LogP contribution in [0.5, 0.6) is 0 Å². The maximum absolute atomic E-state index is 12.7. The highest BCUT2D eigenvalue weighted by Gasteiger charge is 2.63. The molecule has 2 aliphatic carbocycles. The van der Waals surface area contributed by atoms with Crippen molar-refractivity contribution in [1.82, 2.24) is 0 Å². The SMILES string of the molecule is CCCC[C@@H](/C=C1/C(=O)[C@]2(C)CC[C@H]1C2(C)C)C(=O)O. The van der Waals surface area contributed by atoms with Gasteiger partial charge in [-0.15, -0.1) is 0 Å². The minimum absolute atomic E-state index is 0.0380. The molecule has 2 aliphatic rings. The average molecular weight is 278 g/mol. The van der Waals surface area contributed by atoms with Crippen LogP contribution in [0.15, 0.2) is 11.6 Å². The van der Waals surface area contributed by atoms with Gasteiger partial charge in [-0.2, -0.15) is 0 Å². The topological polar surface area (TPSA) is 54.4 Å². The zero-order chi connectivity index (χ0) is 15.1. The minimum atomic E-state index is -0.801. The summed E-state index contributed by atoms with van der Waals surface area (Å²) in [6.45, 7) is 8.42. The molecule has 1 N–H and O–H groups in total. The third kappa shape index (κ3) is 2.02. The van der Waals surface area contributed by atoms with Crippen molar-refractivity contribution in [3.8, 4) is 0 Å². The Morgan fingerprint density at radius 3 is 2.55 bits per heavy atom. The maximum Gasteiger partial charge on any atom is 0.310 e. The summed E-state index contributed by atoms with van der Waals surface area (Å²) in [5.74, 6) is -0.873. The minimum Gasteiger partial charge on any atom is -0.481 e. The highest BCUT2D eigenvalue weighted by atomic mass is 16.4. The van der Waals surface area contributed by atoms with Crippen molar-refractivity contribution in [2.24, 2.45) is 22.7 Å². The molecule has 0 heterocycles. The largest absolute Gasteiger partial charge is 0.481 e. The van der Waals surface area contributed by atoms with E-state index < -0.39 is 11.9 Å². The average Bonchev–Trinajstić information content (AvgIpc) is 2.67. The van der Waals surface area contributed by atoms with Crippen LogP contribution in [0.3, 0.4) is 0 Å². The standard InChI is InChI=1S/C17H26O3/c1-5-6-7-11(15(19)20)10-12-13-8-9-17(4,14(12)18)16(13,2)3/h10-11,13H,5-9H2,1-4H3,(H,19,20)/b12-10+/t11-,13+,17-/m0/s1. The monoisotopic (exact) mass is 278 g/mol. The fourth-order valence-corrected chi connectivity index (χ4v) is 4.04. The molecule has 3 atom stereocenters. The fraction of sp³-hybridized carbons (Fsp3) is 0.765. The van der Waals surface area contributed by atoms with Gasteiger partial charge in [0.25, 0.3) is 0 Å². The van der Waals surface area contributed by atoms with Crippen molar-refractivity contribution in [2.45, 2.75) is 59.8 Å². The van der Waals surface area contributed by atoms with Gasteiger partial charge in [-0.3, -0.25) is 9.59 Å². The molecule has 0 saturated heterocycles. The van der Waals surface area contributed by atoms with Gasteiger partial charge in [0.05, 0.1) is 5.92 Å². The number of unbranched alkanes of at least 4 members (excludes halogenated alkanes) is 1. The lowest BCUT2D eigenvalue weighted by molar-refractivity contribution is -0.140. The predicted molar refractivity (Wildman–Crippen MR) is 78.4 cm³/mol. The van der Waals surface area contributed by atoms with Crippen molar-refractivity contribution in [1.29, 1.82) is 0 Å². The second-order valence-electron chi connectivity index (χ2n) is 7.18. The number of carboxylic acid groups (broad SMARTS) is 1. The normalized spacial score (nSPS) is 34.7. The van der Waals surface area contributed by atoms with Crippen molar-refractivity contribution in [2.75, 3.05) is 0 Å². The molecule has 0 spiro atoms. The quantitative estimate of drug-likeness (QED) is 0.778. The Kier molecular flexibility index (Phi) is 3.83. The number of carbonyl (C=O) groups is 2. The van der Waals surface area contributed by atoms with Crippen LogP contribution >= 0.6 is 0 Å². The van der Waals surface area contributed by atoms with Crippen molar-refractivity contribution >= 4 is 11.8 Å². The highest BCUT2D eigenvalue weighted by Crippen LogP contribution is 2.65. The van der Waals surface area contributed by atoms with E-state index in [1.54, 1.807) is 6.08 Å². The van der Waals surface area contributed by atoms with E-state index in [9.17, 15) is 14.7 Å². The van der Waals surface area contributed by atoms with Crippen LogP contribution in [0.1, 0.15) is 59.8 Å². The van der Waals surface area contributed by atoms with E-state index in [0.29, 0.717) is 6.42 Å². The molecule has 112 valence electrons. The Labute approximate surface area is 121 Å². The lowest BCUT2D eigenvalue weighted by Gasteiger charge is -2.31. The molecule has 2 fully saturated rings. The summed E-state index contributed by atoms with van der Waals surface area (Å²) >= 11 is 0. The summed E-state index contributed by atoms with van der Waals surface area (Å²) in [6, 6.07) is 0. The molecular weight excluding hydrogens is 252 g/mol. The summed E-state index contributed by atoms with van der Waals surface area (Å²) < 4.78 is 0. The lowest BCUT2D eigenvalue weighted by Crippen LogP contribution is -2.32. The Morgan fingerprint density at radius 1 is 1.45 bits per heavy atom. The molecule has 2 rings (SSSR count). The Bertz CT molecular complexity index is 461. The van der Waals surface area contributed by atoms with Gasteiger partial charge in [0.1, 0.15) is 0 Å². The molecule has 20 heavy (non-hydrogen) atoms. The first-order valence-electron chi connectivity index (χ1n) is 7.75. The van der Waals surface area contributed by atoms with E-state index in [4.69, 9.17) is 0 Å². The number of hydrogen-bond acceptors (Lipinski definition) is 2. The van der Waals surface area contributed by atoms with Gasteiger partial charge >= 0.3 is 5.97 Å². The zero-order valence-electron chi connectivity index (χ0n) is 13.0. The molecule has 3 heteroatoms. The van der Waals surface area contributed by atoms with Gasteiger partial charge in [0.2, 0.25) is 0 Å². The van der Waals surface area contributed by atoms with Crippen molar-refractivity contribution in [3.63, 3.8) is 0 Å². The second kappa shape index (κ2) is 5.01. The number of fused-ring (bicyclic) bond motifs is 2. The van der Waals surface area contributed by atoms with E-state index in [1.807, 2.05) is 0 Å². The molecule has 0 aromatic rings. The molecular formula is C17H26O3. The van der Waals surface area contributed by atoms with Gasteiger partial charge in [-0.1, -0.05) is 46.6 Å². The molecule has 0 aromatic carbocycles. The fourth-order valence-electron chi connectivity index (χ4n) is 4.04. The molecule has 3 nitrogen and oxygen atoms in total. The van der Waals surface area contributed by atoms with Crippen LogP contribution in [-0.4, -0.2) is 16.9 Å².